The number of carbonyl (C=O) groups is 2. The fraction of sp³-hybridized carbons (Fsp3) is 0.304. The Morgan fingerprint density at radius 3 is 2.25 bits per heavy atom. The highest BCUT2D eigenvalue weighted by molar-refractivity contribution is 6.24. The molecule has 1 heterocycles. The van der Waals surface area contributed by atoms with Gasteiger partial charge < -0.3 is 14.4 Å². The molecule has 0 atom stereocenters. The Morgan fingerprint density at radius 2 is 1.61 bits per heavy atom. The standard InChI is InChI=1S/C23H25NO4/c1-27-21-11-7-6-10-19(21)16-20(17-8-4-3-5-9-17)22(25)24-14-12-18(13-15-24)23(26)28-2/h3-11,16,18H,12-15H2,1-2H3/b20-16+. The molecule has 5 heteroatoms. The van der Waals surface area contributed by atoms with E-state index in [1.54, 1.807) is 7.11 Å². The number of ether oxygens (including phenoxy) is 2. The molecule has 5 nitrogen and oxygen atoms in total. The largest absolute Gasteiger partial charge is 0.496 e. The average Bonchev–Trinajstić information content (AvgIpc) is 2.77. The normalized spacial score (nSPS) is 15.2. The van der Waals surface area contributed by atoms with E-state index in [2.05, 4.69) is 0 Å². The molecule has 28 heavy (non-hydrogen) atoms. The molecule has 2 aromatic rings. The number of para-hydroxylation sites is 1. The van der Waals surface area contributed by atoms with Gasteiger partial charge in [0, 0.05) is 24.2 Å². The third-order valence-corrected chi connectivity index (χ3v) is 5.07. The molecule has 1 aliphatic rings. The van der Waals surface area contributed by atoms with Crippen molar-refractivity contribution >= 4 is 23.5 Å². The molecule has 3 rings (SSSR count). The lowest BCUT2D eigenvalue weighted by atomic mass is 9.95. The first-order chi connectivity index (χ1) is 13.6. The zero-order chi connectivity index (χ0) is 19.9. The summed E-state index contributed by atoms with van der Waals surface area (Å²) in [5, 5.41) is 0. The summed E-state index contributed by atoms with van der Waals surface area (Å²) in [5.74, 6) is 0.348. The molecule has 0 bridgehead atoms. The van der Waals surface area contributed by atoms with Crippen molar-refractivity contribution in [1.29, 1.82) is 0 Å². The lowest BCUT2D eigenvalue weighted by Crippen LogP contribution is -2.40. The van der Waals surface area contributed by atoms with Crippen molar-refractivity contribution in [1.82, 2.24) is 4.90 Å². The van der Waals surface area contributed by atoms with Gasteiger partial charge in [-0.1, -0.05) is 48.5 Å². The Kier molecular flexibility index (Phi) is 6.48. The van der Waals surface area contributed by atoms with Crippen LogP contribution in [0.4, 0.5) is 0 Å². The molecule has 0 aliphatic carbocycles. The van der Waals surface area contributed by atoms with Crippen LogP contribution in [0.25, 0.3) is 11.6 Å². The molecule has 0 N–H and O–H groups in total. The Morgan fingerprint density at radius 1 is 0.964 bits per heavy atom. The van der Waals surface area contributed by atoms with Gasteiger partial charge in [-0.2, -0.15) is 0 Å². The van der Waals surface area contributed by atoms with Crippen LogP contribution < -0.4 is 4.74 Å². The Bertz CT molecular complexity index is 852. The number of piperidine rings is 1. The molecule has 0 spiro atoms. The van der Waals surface area contributed by atoms with Gasteiger partial charge in [-0.25, -0.2) is 0 Å². The molecule has 0 aromatic heterocycles. The highest BCUT2D eigenvalue weighted by atomic mass is 16.5. The molecule has 0 saturated carbocycles. The van der Waals surface area contributed by atoms with E-state index in [9.17, 15) is 9.59 Å². The number of esters is 1. The van der Waals surface area contributed by atoms with Crippen molar-refractivity contribution < 1.29 is 19.1 Å². The van der Waals surface area contributed by atoms with Crippen LogP contribution >= 0.6 is 0 Å². The molecule has 0 unspecified atom stereocenters. The first-order valence-corrected chi connectivity index (χ1v) is 9.41. The minimum atomic E-state index is -0.194. The lowest BCUT2D eigenvalue weighted by Gasteiger charge is -2.31. The number of carbonyl (C=O) groups excluding carboxylic acids is 2. The van der Waals surface area contributed by atoms with Gasteiger partial charge >= 0.3 is 5.97 Å². The van der Waals surface area contributed by atoms with Gasteiger partial charge in [-0.3, -0.25) is 9.59 Å². The summed E-state index contributed by atoms with van der Waals surface area (Å²) >= 11 is 0. The predicted molar refractivity (Wildman–Crippen MR) is 109 cm³/mol. The van der Waals surface area contributed by atoms with E-state index in [-0.39, 0.29) is 17.8 Å². The van der Waals surface area contributed by atoms with Gasteiger partial charge in [0.2, 0.25) is 0 Å². The van der Waals surface area contributed by atoms with E-state index in [1.807, 2.05) is 65.6 Å². The van der Waals surface area contributed by atoms with E-state index in [1.165, 1.54) is 7.11 Å². The van der Waals surface area contributed by atoms with E-state index in [0.29, 0.717) is 37.3 Å². The summed E-state index contributed by atoms with van der Waals surface area (Å²) in [6.45, 7) is 1.07. The number of hydrogen-bond acceptors (Lipinski definition) is 4. The number of amides is 1. The average molecular weight is 379 g/mol. The van der Waals surface area contributed by atoms with Gasteiger partial charge in [0.15, 0.2) is 0 Å². The van der Waals surface area contributed by atoms with Crippen LogP contribution in [0.2, 0.25) is 0 Å². The van der Waals surface area contributed by atoms with Crippen molar-refractivity contribution in [2.75, 3.05) is 27.3 Å². The van der Waals surface area contributed by atoms with E-state index >= 15 is 0 Å². The second-order valence-corrected chi connectivity index (χ2v) is 6.76. The van der Waals surface area contributed by atoms with E-state index in [0.717, 1.165) is 11.1 Å². The monoisotopic (exact) mass is 379 g/mol. The number of nitrogens with zero attached hydrogens (tertiary/aromatic N) is 1. The Balaban J connectivity index is 1.89. The van der Waals surface area contributed by atoms with Crippen molar-refractivity contribution in [2.24, 2.45) is 5.92 Å². The highest BCUT2D eigenvalue weighted by Gasteiger charge is 2.29. The Labute approximate surface area is 165 Å². The molecular formula is C23H25NO4. The first kappa shape index (κ1) is 19.7. The number of hydrogen-bond donors (Lipinski definition) is 0. The van der Waals surface area contributed by atoms with Crippen LogP contribution in [0.3, 0.4) is 0 Å². The van der Waals surface area contributed by atoms with Crippen molar-refractivity contribution in [3.05, 3.63) is 65.7 Å². The minimum absolute atomic E-state index is 0.0413. The lowest BCUT2D eigenvalue weighted by molar-refractivity contribution is -0.148. The molecule has 1 aliphatic heterocycles. The number of likely N-dealkylation sites (tertiary alicyclic amines) is 1. The van der Waals surface area contributed by atoms with E-state index < -0.39 is 0 Å². The molecule has 2 aromatic carbocycles. The second-order valence-electron chi connectivity index (χ2n) is 6.76. The number of methoxy groups -OCH3 is 2. The third kappa shape index (κ3) is 4.42. The fourth-order valence-corrected chi connectivity index (χ4v) is 3.48. The minimum Gasteiger partial charge on any atom is -0.496 e. The van der Waals surface area contributed by atoms with Gasteiger partial charge in [0.25, 0.3) is 5.91 Å². The Hall–Kier alpha value is -3.08. The van der Waals surface area contributed by atoms with Crippen LogP contribution in [0.5, 0.6) is 5.75 Å². The van der Waals surface area contributed by atoms with Crippen molar-refractivity contribution in [3.63, 3.8) is 0 Å². The predicted octanol–water partition coefficient (Wildman–Crippen LogP) is 3.65. The number of benzene rings is 2. The summed E-state index contributed by atoms with van der Waals surface area (Å²) in [7, 11) is 3.03. The van der Waals surface area contributed by atoms with Gasteiger partial charge in [-0.05, 0) is 30.5 Å². The smallest absolute Gasteiger partial charge is 0.308 e. The van der Waals surface area contributed by atoms with Crippen LogP contribution in [-0.2, 0) is 14.3 Å². The summed E-state index contributed by atoms with van der Waals surface area (Å²) in [4.78, 5) is 26.9. The zero-order valence-electron chi connectivity index (χ0n) is 16.3. The summed E-state index contributed by atoms with van der Waals surface area (Å²) < 4.78 is 10.3. The maximum absolute atomic E-state index is 13.3. The number of rotatable bonds is 5. The fourth-order valence-electron chi connectivity index (χ4n) is 3.48. The van der Waals surface area contributed by atoms with Gasteiger partial charge in [0.1, 0.15) is 5.75 Å². The first-order valence-electron chi connectivity index (χ1n) is 9.41. The highest BCUT2D eigenvalue weighted by Crippen LogP contribution is 2.28. The van der Waals surface area contributed by atoms with Crippen LogP contribution in [0.1, 0.15) is 24.0 Å². The van der Waals surface area contributed by atoms with Crippen LogP contribution in [0.15, 0.2) is 54.6 Å². The third-order valence-electron chi connectivity index (χ3n) is 5.07. The maximum Gasteiger partial charge on any atom is 0.308 e. The van der Waals surface area contributed by atoms with Gasteiger partial charge in [0.05, 0.1) is 20.1 Å². The molecule has 146 valence electrons. The molecule has 0 radical (unpaired) electrons. The van der Waals surface area contributed by atoms with Crippen molar-refractivity contribution in [3.8, 4) is 5.75 Å². The van der Waals surface area contributed by atoms with Crippen molar-refractivity contribution in [2.45, 2.75) is 12.8 Å². The molecule has 1 saturated heterocycles. The van der Waals surface area contributed by atoms with E-state index in [4.69, 9.17) is 9.47 Å². The maximum atomic E-state index is 13.3. The van der Waals surface area contributed by atoms with Crippen LogP contribution in [0, 0.1) is 5.92 Å². The van der Waals surface area contributed by atoms with Crippen LogP contribution in [-0.4, -0.2) is 44.1 Å². The quantitative estimate of drug-likeness (QED) is 0.452. The zero-order valence-corrected chi connectivity index (χ0v) is 16.3. The summed E-state index contributed by atoms with van der Waals surface area (Å²) in [6.07, 6.45) is 3.12. The molecular weight excluding hydrogens is 354 g/mol. The molecule has 1 amide bonds. The SMILES string of the molecule is COC(=O)C1CCN(C(=O)/C(=C/c2ccccc2OC)c2ccccc2)CC1. The summed E-state index contributed by atoms with van der Waals surface area (Å²) in [6, 6.07) is 17.3. The molecule has 1 fully saturated rings. The summed E-state index contributed by atoms with van der Waals surface area (Å²) in [5.41, 5.74) is 2.32. The topological polar surface area (TPSA) is 55.8 Å². The second kappa shape index (κ2) is 9.22. The van der Waals surface area contributed by atoms with Gasteiger partial charge in [-0.15, -0.1) is 0 Å².